The van der Waals surface area contributed by atoms with Crippen LogP contribution >= 0.6 is 0 Å². The Balaban J connectivity index is 2.53. The topological polar surface area (TPSA) is 0 Å². The minimum Gasteiger partial charge on any atom is -0.205 e. The van der Waals surface area contributed by atoms with E-state index in [9.17, 15) is 13.2 Å². The van der Waals surface area contributed by atoms with Gasteiger partial charge in [-0.1, -0.05) is 0 Å². The van der Waals surface area contributed by atoms with Gasteiger partial charge in [-0.05, 0) is 0 Å². The lowest BCUT2D eigenvalue weighted by Gasteiger charge is -1.81. The van der Waals surface area contributed by atoms with E-state index in [1.54, 1.807) is 0 Å². The second-order valence-electron chi connectivity index (χ2n) is 1.12. The maximum Gasteiger partial charge on any atom is 0.320 e. The van der Waals surface area contributed by atoms with Crippen molar-refractivity contribution in [3.05, 3.63) is 11.9 Å². The largest absolute Gasteiger partial charge is 0.320 e. The molecule has 0 amide bonds. The van der Waals surface area contributed by atoms with Gasteiger partial charge in [0, 0.05) is 6.08 Å². The van der Waals surface area contributed by atoms with E-state index in [-0.39, 0.29) is 6.08 Å². The van der Waals surface area contributed by atoms with Crippen molar-refractivity contribution in [1.82, 2.24) is 0 Å². The fourth-order valence-electron chi connectivity index (χ4n) is 0.123. The summed E-state index contributed by atoms with van der Waals surface area (Å²) < 4.78 is 33.1. The van der Waals surface area contributed by atoms with Crippen molar-refractivity contribution in [1.29, 1.82) is 0 Å². The summed E-state index contributed by atoms with van der Waals surface area (Å²) in [6.45, 7) is 0. The monoisotopic (exact) mass is 94.0 g/mol. The molecule has 1 rings (SSSR count). The van der Waals surface area contributed by atoms with Gasteiger partial charge in [-0.2, -0.15) is 8.78 Å². The molecule has 0 aromatic carbocycles. The highest BCUT2D eigenvalue weighted by Crippen LogP contribution is 2.40. The summed E-state index contributed by atoms with van der Waals surface area (Å²) in [5.74, 6) is -4.47. The summed E-state index contributed by atoms with van der Waals surface area (Å²) in [6.07, 6.45) is 0.271. The van der Waals surface area contributed by atoms with Gasteiger partial charge in [-0.3, -0.25) is 0 Å². The highest BCUT2D eigenvalue weighted by atomic mass is 19.3. The van der Waals surface area contributed by atoms with Crippen LogP contribution in [0.4, 0.5) is 13.2 Å². The molecule has 0 nitrogen and oxygen atoms in total. The van der Waals surface area contributed by atoms with Gasteiger partial charge in [0.1, 0.15) is 0 Å². The average molecular weight is 94.0 g/mol. The van der Waals surface area contributed by atoms with Crippen molar-refractivity contribution >= 4 is 0 Å². The maximum absolute atomic E-state index is 11.1. The van der Waals surface area contributed by atoms with Crippen molar-refractivity contribution in [2.45, 2.75) is 5.92 Å². The molecule has 0 radical (unpaired) electrons. The third-order valence-electron chi connectivity index (χ3n) is 0.543. The fourth-order valence-corrected chi connectivity index (χ4v) is 0.123. The van der Waals surface area contributed by atoms with Crippen molar-refractivity contribution in [3.8, 4) is 0 Å². The van der Waals surface area contributed by atoms with Gasteiger partial charge < -0.3 is 0 Å². The highest BCUT2D eigenvalue weighted by molar-refractivity contribution is 5.30. The predicted octanol–water partition coefficient (Wildman–Crippen LogP) is 1.49. The molecule has 0 bridgehead atoms. The molecule has 0 spiro atoms. The Morgan fingerprint density at radius 3 is 1.67 bits per heavy atom. The molecule has 0 heterocycles. The van der Waals surface area contributed by atoms with Gasteiger partial charge >= 0.3 is 5.92 Å². The van der Waals surface area contributed by atoms with E-state index in [2.05, 4.69) is 0 Å². The van der Waals surface area contributed by atoms with Crippen LogP contribution in [-0.4, -0.2) is 5.92 Å². The standard InChI is InChI=1S/C3HF3/c4-2-1-3(2,5)6/h1H. The molecule has 1 aliphatic rings. The molecular formula is C3HF3. The second-order valence-corrected chi connectivity index (χ2v) is 1.12. The number of hydrogen-bond acceptors (Lipinski definition) is 0. The normalized spacial score (nSPS) is 26.2. The molecule has 1 aliphatic carbocycles. The highest BCUT2D eigenvalue weighted by Gasteiger charge is 2.46. The number of hydrogen-bond donors (Lipinski definition) is 0. The molecule has 34 valence electrons. The van der Waals surface area contributed by atoms with Crippen LogP contribution in [0.5, 0.6) is 0 Å². The van der Waals surface area contributed by atoms with Gasteiger partial charge in [-0.25, -0.2) is 4.39 Å². The molecule has 0 aromatic rings. The first kappa shape index (κ1) is 3.71. The summed E-state index contributed by atoms with van der Waals surface area (Å²) in [5.41, 5.74) is 0. The maximum atomic E-state index is 11.1. The minimum atomic E-state index is -3.17. The molecule has 0 N–H and O–H groups in total. The van der Waals surface area contributed by atoms with Crippen LogP contribution in [0.25, 0.3) is 0 Å². The zero-order valence-electron chi connectivity index (χ0n) is 2.71. The summed E-state index contributed by atoms with van der Waals surface area (Å²) >= 11 is 0. The quantitative estimate of drug-likeness (QED) is 0.426. The van der Waals surface area contributed by atoms with Gasteiger partial charge in [0.25, 0.3) is 0 Å². The van der Waals surface area contributed by atoms with Crippen LogP contribution in [0.2, 0.25) is 0 Å². The lowest BCUT2D eigenvalue weighted by molar-refractivity contribution is 0.124. The zero-order chi connectivity index (χ0) is 4.78. The van der Waals surface area contributed by atoms with E-state index in [1.165, 1.54) is 0 Å². The van der Waals surface area contributed by atoms with E-state index in [0.29, 0.717) is 0 Å². The van der Waals surface area contributed by atoms with E-state index in [4.69, 9.17) is 0 Å². The first-order valence-corrected chi connectivity index (χ1v) is 1.39. The van der Waals surface area contributed by atoms with E-state index < -0.39 is 11.7 Å². The summed E-state index contributed by atoms with van der Waals surface area (Å²) in [4.78, 5) is 0. The molecule has 0 atom stereocenters. The second kappa shape index (κ2) is 0.622. The predicted molar refractivity (Wildman–Crippen MR) is 14.1 cm³/mol. The van der Waals surface area contributed by atoms with Crippen molar-refractivity contribution in [3.63, 3.8) is 0 Å². The van der Waals surface area contributed by atoms with Gasteiger partial charge in [0.2, 0.25) is 0 Å². The number of alkyl halides is 2. The Labute approximate surface area is 32.3 Å². The Morgan fingerprint density at radius 1 is 1.50 bits per heavy atom. The Kier molecular flexibility index (Phi) is 0.384. The molecule has 0 unspecified atom stereocenters. The SMILES string of the molecule is FC1=CC1(F)F. The third-order valence-corrected chi connectivity index (χ3v) is 0.543. The fraction of sp³-hybridized carbons (Fsp3) is 0.333. The van der Waals surface area contributed by atoms with Crippen LogP contribution in [-0.2, 0) is 0 Å². The van der Waals surface area contributed by atoms with Gasteiger partial charge in [0.05, 0.1) is 0 Å². The van der Waals surface area contributed by atoms with E-state index in [0.717, 1.165) is 0 Å². The van der Waals surface area contributed by atoms with Crippen LogP contribution in [0, 0.1) is 0 Å². The van der Waals surface area contributed by atoms with Gasteiger partial charge in [0.15, 0.2) is 5.83 Å². The minimum absolute atomic E-state index is 0.271. The molecule has 3 heteroatoms. The Morgan fingerprint density at radius 2 is 1.67 bits per heavy atom. The smallest absolute Gasteiger partial charge is 0.205 e. The molecule has 6 heavy (non-hydrogen) atoms. The van der Waals surface area contributed by atoms with Gasteiger partial charge in [-0.15, -0.1) is 0 Å². The Bertz CT molecular complexity index is 103. The number of halogens is 3. The molecule has 0 saturated carbocycles. The molecule has 0 fully saturated rings. The van der Waals surface area contributed by atoms with E-state index >= 15 is 0 Å². The first-order chi connectivity index (χ1) is 2.63. The van der Waals surface area contributed by atoms with Crippen molar-refractivity contribution < 1.29 is 13.2 Å². The Hall–Kier alpha value is -0.470. The lowest BCUT2D eigenvalue weighted by atomic mass is 10.7. The molecule has 0 aliphatic heterocycles. The van der Waals surface area contributed by atoms with Crippen molar-refractivity contribution in [2.75, 3.05) is 0 Å². The van der Waals surface area contributed by atoms with Crippen molar-refractivity contribution in [2.24, 2.45) is 0 Å². The number of allylic oxidation sites excluding steroid dienone is 2. The third kappa shape index (κ3) is 0.311. The summed E-state index contributed by atoms with van der Waals surface area (Å²) in [5, 5.41) is 0. The molecule has 0 saturated heterocycles. The molecular weight excluding hydrogens is 93.0 g/mol. The summed E-state index contributed by atoms with van der Waals surface area (Å²) in [6, 6.07) is 0. The van der Waals surface area contributed by atoms with Crippen LogP contribution in [0.15, 0.2) is 11.9 Å². The lowest BCUT2D eigenvalue weighted by Crippen LogP contribution is -1.88. The van der Waals surface area contributed by atoms with Crippen LogP contribution in [0.1, 0.15) is 0 Å². The van der Waals surface area contributed by atoms with Crippen LogP contribution in [0.3, 0.4) is 0 Å². The van der Waals surface area contributed by atoms with E-state index in [1.807, 2.05) is 0 Å². The summed E-state index contributed by atoms with van der Waals surface area (Å²) in [7, 11) is 0. The molecule has 0 aromatic heterocycles. The first-order valence-electron chi connectivity index (χ1n) is 1.39. The average Bonchev–Trinajstić information content (AvgIpc) is 1.73. The van der Waals surface area contributed by atoms with Crippen LogP contribution < -0.4 is 0 Å². The number of rotatable bonds is 0. The zero-order valence-corrected chi connectivity index (χ0v) is 2.71.